The van der Waals surface area contributed by atoms with Gasteiger partial charge in [-0.15, -0.1) is 0 Å². The van der Waals surface area contributed by atoms with Crippen LogP contribution in [0.1, 0.15) is 16.7 Å². The van der Waals surface area contributed by atoms with E-state index in [4.69, 9.17) is 0 Å². The molecule has 5 rings (SSSR count). The number of hydrogen-bond donors (Lipinski definition) is 0. The van der Waals surface area contributed by atoms with Crippen molar-refractivity contribution in [1.29, 1.82) is 0 Å². The second kappa shape index (κ2) is 10.1. The zero-order valence-corrected chi connectivity index (χ0v) is 23.0. The van der Waals surface area contributed by atoms with Gasteiger partial charge in [0.15, 0.2) is 0 Å². The fourth-order valence-electron chi connectivity index (χ4n) is 5.57. The SMILES string of the molecule is c1ccc([CH2][Bi]([CH2]c2ccccc2)([CH2]c2ccccc2)([c]2ccccc2)[c]2ccccc2)cc1. The van der Waals surface area contributed by atoms with Gasteiger partial charge >= 0.3 is 206 Å². The molecule has 0 amide bonds. The molecule has 0 atom stereocenters. The Balaban J connectivity index is 1.87. The summed E-state index contributed by atoms with van der Waals surface area (Å²) in [6.45, 7) is 0. The molecule has 0 unspecified atom stereocenters. The number of rotatable bonds is 8. The summed E-state index contributed by atoms with van der Waals surface area (Å²) in [5.41, 5.74) is 4.32. The van der Waals surface area contributed by atoms with Gasteiger partial charge in [-0.3, -0.25) is 0 Å². The van der Waals surface area contributed by atoms with E-state index in [1.54, 1.807) is 6.54 Å². The van der Waals surface area contributed by atoms with Crippen molar-refractivity contribution in [2.24, 2.45) is 0 Å². The van der Waals surface area contributed by atoms with Crippen LogP contribution in [0.25, 0.3) is 0 Å². The standard InChI is InChI=1S/3C7H7.2C6H5.Bi/c3*1-7-5-3-2-4-6-7;2*1-2-4-6-5-3-1;/h3*2-6H,1H2;2*1-5H;. The van der Waals surface area contributed by atoms with Crippen LogP contribution in [0.4, 0.5) is 0 Å². The Kier molecular flexibility index (Phi) is 6.75. The fourth-order valence-corrected chi connectivity index (χ4v) is 32.5. The van der Waals surface area contributed by atoms with Crippen LogP contribution >= 0.6 is 0 Å². The number of hydrogen-bond acceptors (Lipinski definition) is 0. The van der Waals surface area contributed by atoms with Crippen LogP contribution in [-0.4, -0.2) is 18.8 Å². The van der Waals surface area contributed by atoms with Gasteiger partial charge in [0.2, 0.25) is 0 Å². The molecular formula is C33H31Bi. The summed E-state index contributed by atoms with van der Waals surface area (Å²) in [5, 5.41) is 0. The first kappa shape index (κ1) is 22.8. The minimum absolute atomic E-state index is 1.12. The van der Waals surface area contributed by atoms with E-state index in [2.05, 4.69) is 152 Å². The average Bonchev–Trinajstić information content (AvgIpc) is 2.91. The van der Waals surface area contributed by atoms with E-state index in [9.17, 15) is 0 Å². The first-order valence-electron chi connectivity index (χ1n) is 12.0. The molecule has 0 N–H and O–H groups in total. The van der Waals surface area contributed by atoms with Crippen molar-refractivity contribution in [1.82, 2.24) is 0 Å². The van der Waals surface area contributed by atoms with Crippen molar-refractivity contribution in [3.63, 3.8) is 0 Å². The summed E-state index contributed by atoms with van der Waals surface area (Å²) in [6, 6.07) is 56.5. The van der Waals surface area contributed by atoms with E-state index in [0.717, 1.165) is 12.4 Å². The summed E-state index contributed by atoms with van der Waals surface area (Å²) in [5.74, 6) is 0. The van der Waals surface area contributed by atoms with Gasteiger partial charge in [0, 0.05) is 0 Å². The Morgan fingerprint density at radius 2 is 0.529 bits per heavy atom. The van der Waals surface area contributed by atoms with Crippen LogP contribution in [-0.2, 0) is 12.4 Å². The van der Waals surface area contributed by atoms with Crippen LogP contribution < -0.4 is 6.54 Å². The van der Waals surface area contributed by atoms with Gasteiger partial charge in [0.25, 0.3) is 0 Å². The van der Waals surface area contributed by atoms with Gasteiger partial charge in [0.1, 0.15) is 0 Å². The van der Waals surface area contributed by atoms with E-state index in [0.29, 0.717) is 0 Å². The van der Waals surface area contributed by atoms with E-state index < -0.39 is 18.8 Å². The van der Waals surface area contributed by atoms with Gasteiger partial charge in [-0.1, -0.05) is 0 Å². The Labute approximate surface area is 205 Å². The predicted molar refractivity (Wildman–Crippen MR) is 148 cm³/mol. The molecule has 0 aliphatic heterocycles. The molecule has 5 aromatic rings. The van der Waals surface area contributed by atoms with Crippen LogP contribution in [0.2, 0.25) is 0 Å². The second-order valence-electron chi connectivity index (χ2n) is 9.33. The Morgan fingerprint density at radius 1 is 0.294 bits per heavy atom. The third kappa shape index (κ3) is 4.50. The van der Waals surface area contributed by atoms with Crippen LogP contribution in [0.15, 0.2) is 152 Å². The van der Waals surface area contributed by atoms with Crippen molar-refractivity contribution in [3.8, 4) is 0 Å². The van der Waals surface area contributed by atoms with Crippen molar-refractivity contribution < 1.29 is 0 Å². The van der Waals surface area contributed by atoms with E-state index in [1.165, 1.54) is 16.7 Å². The summed E-state index contributed by atoms with van der Waals surface area (Å²) in [7, 11) is 0. The second-order valence-corrected chi connectivity index (χ2v) is 30.5. The first-order chi connectivity index (χ1) is 16.8. The third-order valence-corrected chi connectivity index (χ3v) is 33.1. The summed E-state index contributed by atoms with van der Waals surface area (Å²) < 4.78 is 6.48. The molecule has 0 spiro atoms. The van der Waals surface area contributed by atoms with Crippen LogP contribution in [0.5, 0.6) is 0 Å². The zero-order chi connectivity index (χ0) is 23.1. The molecule has 0 saturated heterocycles. The molecule has 0 radical (unpaired) electrons. The molecule has 0 heterocycles. The van der Waals surface area contributed by atoms with Crippen molar-refractivity contribution >= 4 is 25.3 Å². The van der Waals surface area contributed by atoms with Gasteiger partial charge < -0.3 is 0 Å². The summed E-state index contributed by atoms with van der Waals surface area (Å²) >= 11 is -4.20. The topological polar surface area (TPSA) is 0 Å². The van der Waals surface area contributed by atoms with E-state index in [-0.39, 0.29) is 0 Å². The fraction of sp³-hybridized carbons (Fsp3) is 0.0909. The molecule has 0 bridgehead atoms. The Hall–Kier alpha value is -3.02. The van der Waals surface area contributed by atoms with Crippen LogP contribution in [0.3, 0.4) is 0 Å². The van der Waals surface area contributed by atoms with Crippen molar-refractivity contribution in [3.05, 3.63) is 168 Å². The van der Waals surface area contributed by atoms with Crippen LogP contribution in [0, 0.1) is 0 Å². The van der Waals surface area contributed by atoms with Gasteiger partial charge in [-0.2, -0.15) is 0 Å². The molecule has 0 aromatic heterocycles. The third-order valence-electron chi connectivity index (χ3n) is 7.09. The van der Waals surface area contributed by atoms with E-state index in [1.807, 2.05) is 0 Å². The van der Waals surface area contributed by atoms with Gasteiger partial charge in [-0.25, -0.2) is 0 Å². The quantitative estimate of drug-likeness (QED) is 0.170. The molecule has 0 saturated carbocycles. The molecule has 0 aliphatic rings. The Bertz CT molecular complexity index is 1150. The zero-order valence-electron chi connectivity index (χ0n) is 19.5. The molecule has 1 heteroatoms. The van der Waals surface area contributed by atoms with Crippen molar-refractivity contribution in [2.75, 3.05) is 0 Å². The molecule has 168 valence electrons. The van der Waals surface area contributed by atoms with Gasteiger partial charge in [-0.05, 0) is 0 Å². The maximum atomic E-state index is 2.43. The molecule has 34 heavy (non-hydrogen) atoms. The molecule has 5 aromatic carbocycles. The molecule has 0 fully saturated rings. The minimum atomic E-state index is -4.20. The number of benzene rings is 5. The maximum absolute atomic E-state index is 4.20. The van der Waals surface area contributed by atoms with Crippen molar-refractivity contribution in [2.45, 2.75) is 12.4 Å². The predicted octanol–water partition coefficient (Wildman–Crippen LogP) is 6.55. The molecular weight excluding hydrogens is 605 g/mol. The summed E-state index contributed by atoms with van der Waals surface area (Å²) in [4.78, 5) is 0. The Morgan fingerprint density at radius 3 is 0.794 bits per heavy atom. The monoisotopic (exact) mass is 636 g/mol. The average molecular weight is 637 g/mol. The van der Waals surface area contributed by atoms with Gasteiger partial charge in [0.05, 0.1) is 0 Å². The normalized spacial score (nSPS) is 12.5. The molecule has 0 aliphatic carbocycles. The molecule has 0 nitrogen and oxygen atoms in total. The first-order valence-corrected chi connectivity index (χ1v) is 22.9. The van der Waals surface area contributed by atoms with E-state index >= 15 is 0 Å². The summed E-state index contributed by atoms with van der Waals surface area (Å²) in [6.07, 6.45) is 0.